The summed E-state index contributed by atoms with van der Waals surface area (Å²) in [6, 6.07) is 13.5. The van der Waals surface area contributed by atoms with Crippen LogP contribution in [-0.2, 0) is 6.54 Å². The van der Waals surface area contributed by atoms with E-state index in [0.717, 1.165) is 22.0 Å². The normalized spacial score (nSPS) is 11.3. The van der Waals surface area contributed by atoms with Crippen molar-refractivity contribution in [2.24, 2.45) is 5.10 Å². The molecule has 0 radical (unpaired) electrons. The largest absolute Gasteiger partial charge is 0.361 e. The van der Waals surface area contributed by atoms with Crippen LogP contribution in [0.2, 0.25) is 10.0 Å². The minimum absolute atomic E-state index is 0.483. The van der Waals surface area contributed by atoms with Crippen molar-refractivity contribution in [1.82, 2.24) is 10.4 Å². The zero-order chi connectivity index (χ0) is 14.7. The molecule has 2 N–H and O–H groups in total. The fourth-order valence-corrected chi connectivity index (χ4v) is 2.67. The van der Waals surface area contributed by atoms with Gasteiger partial charge < -0.3 is 10.4 Å². The number of nitrogens with one attached hydrogen (secondary N) is 2. The van der Waals surface area contributed by atoms with E-state index in [-0.39, 0.29) is 0 Å². The van der Waals surface area contributed by atoms with Gasteiger partial charge in [0.15, 0.2) is 0 Å². The molecule has 0 amide bonds. The highest BCUT2D eigenvalue weighted by Crippen LogP contribution is 2.23. The van der Waals surface area contributed by atoms with Crippen molar-refractivity contribution < 1.29 is 0 Å². The van der Waals surface area contributed by atoms with Gasteiger partial charge >= 0.3 is 0 Å². The summed E-state index contributed by atoms with van der Waals surface area (Å²) in [6.45, 7) is 0.483. The van der Waals surface area contributed by atoms with Gasteiger partial charge in [-0.05, 0) is 18.2 Å². The number of halogens is 2. The van der Waals surface area contributed by atoms with E-state index in [9.17, 15) is 0 Å². The summed E-state index contributed by atoms with van der Waals surface area (Å²) >= 11 is 12.2. The third-order valence-corrected chi connectivity index (χ3v) is 3.94. The number of benzene rings is 2. The molecule has 2 aromatic carbocycles. The van der Waals surface area contributed by atoms with Crippen molar-refractivity contribution in [3.63, 3.8) is 0 Å². The number of H-pyrrole nitrogens is 1. The van der Waals surface area contributed by atoms with Crippen molar-refractivity contribution in [2.75, 3.05) is 0 Å². The molecule has 0 aliphatic carbocycles. The van der Waals surface area contributed by atoms with Crippen LogP contribution >= 0.6 is 23.2 Å². The maximum Gasteiger partial charge on any atom is 0.0609 e. The molecule has 3 aromatic rings. The van der Waals surface area contributed by atoms with Crippen LogP contribution < -0.4 is 5.43 Å². The molecule has 0 atom stereocenters. The van der Waals surface area contributed by atoms with Gasteiger partial charge in [-0.1, -0.05) is 47.5 Å². The van der Waals surface area contributed by atoms with Crippen molar-refractivity contribution in [3.8, 4) is 0 Å². The van der Waals surface area contributed by atoms with E-state index in [4.69, 9.17) is 23.2 Å². The first-order valence-electron chi connectivity index (χ1n) is 6.50. The molecule has 106 valence electrons. The van der Waals surface area contributed by atoms with Crippen LogP contribution in [0.4, 0.5) is 0 Å². The van der Waals surface area contributed by atoms with E-state index in [1.165, 1.54) is 0 Å². The molecule has 0 spiro atoms. The molecule has 1 aromatic heterocycles. The number of para-hydroxylation sites is 1. The van der Waals surface area contributed by atoms with Crippen LogP contribution in [0, 0.1) is 0 Å². The van der Waals surface area contributed by atoms with Crippen LogP contribution in [0.25, 0.3) is 10.9 Å². The van der Waals surface area contributed by atoms with Crippen molar-refractivity contribution in [1.29, 1.82) is 0 Å². The van der Waals surface area contributed by atoms with Gasteiger partial charge in [-0.2, -0.15) is 5.10 Å². The molecule has 0 saturated carbocycles. The predicted molar refractivity (Wildman–Crippen MR) is 89.2 cm³/mol. The van der Waals surface area contributed by atoms with E-state index in [1.807, 2.05) is 42.6 Å². The minimum atomic E-state index is 0.483. The van der Waals surface area contributed by atoms with E-state index in [1.54, 1.807) is 6.21 Å². The topological polar surface area (TPSA) is 40.2 Å². The predicted octanol–water partition coefficient (Wildman–Crippen LogP) is 4.60. The zero-order valence-corrected chi connectivity index (χ0v) is 12.6. The highest BCUT2D eigenvalue weighted by atomic mass is 35.5. The standard InChI is InChI=1S/C16H13Cl2N3/c17-14-5-3-6-15(18)13(14)10-21-20-9-11-8-19-16-7-2-1-4-12(11)16/h1-9,19,21H,10H2/b20-9+. The summed E-state index contributed by atoms with van der Waals surface area (Å²) < 4.78 is 0. The number of aromatic nitrogens is 1. The Morgan fingerprint density at radius 1 is 1.05 bits per heavy atom. The van der Waals surface area contributed by atoms with Gasteiger partial charge in [0.2, 0.25) is 0 Å². The molecular weight excluding hydrogens is 305 g/mol. The lowest BCUT2D eigenvalue weighted by atomic mass is 10.2. The number of aromatic amines is 1. The molecule has 5 heteroatoms. The Morgan fingerprint density at radius 2 is 1.81 bits per heavy atom. The minimum Gasteiger partial charge on any atom is -0.361 e. The highest BCUT2D eigenvalue weighted by Gasteiger charge is 2.04. The quantitative estimate of drug-likeness (QED) is 0.536. The highest BCUT2D eigenvalue weighted by molar-refractivity contribution is 6.35. The number of hydrogen-bond donors (Lipinski definition) is 2. The SMILES string of the molecule is Clc1cccc(Cl)c1CN/N=C/c1c[nH]c2ccccc12. The average Bonchev–Trinajstić information content (AvgIpc) is 2.89. The molecule has 1 heterocycles. The fraction of sp³-hybridized carbons (Fsp3) is 0.0625. The Morgan fingerprint density at radius 3 is 2.62 bits per heavy atom. The monoisotopic (exact) mass is 317 g/mol. The number of hydrogen-bond acceptors (Lipinski definition) is 2. The lowest BCUT2D eigenvalue weighted by Gasteiger charge is -2.05. The summed E-state index contributed by atoms with van der Waals surface area (Å²) in [5.41, 5.74) is 5.94. The molecule has 0 aliphatic rings. The van der Waals surface area contributed by atoms with Gasteiger partial charge in [-0.25, -0.2) is 0 Å². The fourth-order valence-electron chi connectivity index (χ4n) is 2.14. The second kappa shape index (κ2) is 6.20. The molecule has 0 fully saturated rings. The van der Waals surface area contributed by atoms with Crippen molar-refractivity contribution in [2.45, 2.75) is 6.54 Å². The maximum absolute atomic E-state index is 6.10. The van der Waals surface area contributed by atoms with Crippen LogP contribution in [0.1, 0.15) is 11.1 Å². The molecule has 0 bridgehead atoms. The van der Waals surface area contributed by atoms with E-state index in [2.05, 4.69) is 21.6 Å². The summed E-state index contributed by atoms with van der Waals surface area (Å²) in [5, 5.41) is 6.64. The first kappa shape index (κ1) is 14.0. The van der Waals surface area contributed by atoms with Gasteiger partial charge in [-0.3, -0.25) is 0 Å². The zero-order valence-electron chi connectivity index (χ0n) is 11.1. The number of hydrazone groups is 1. The van der Waals surface area contributed by atoms with Gasteiger partial charge in [0.25, 0.3) is 0 Å². The molecule has 0 unspecified atom stereocenters. The number of nitrogens with zero attached hydrogens (tertiary/aromatic N) is 1. The van der Waals surface area contributed by atoms with Crippen molar-refractivity contribution >= 4 is 40.3 Å². The Balaban J connectivity index is 1.70. The first-order valence-corrected chi connectivity index (χ1v) is 7.26. The average molecular weight is 318 g/mol. The van der Waals surface area contributed by atoms with Gasteiger partial charge in [0.05, 0.1) is 12.8 Å². The third-order valence-electron chi connectivity index (χ3n) is 3.23. The first-order chi connectivity index (χ1) is 10.3. The Kier molecular flexibility index (Phi) is 4.13. The van der Waals surface area contributed by atoms with E-state index < -0.39 is 0 Å². The molecule has 3 rings (SSSR count). The van der Waals surface area contributed by atoms with Crippen LogP contribution in [0.5, 0.6) is 0 Å². The lowest BCUT2D eigenvalue weighted by molar-refractivity contribution is 0.748. The third kappa shape index (κ3) is 3.04. The molecule has 0 saturated heterocycles. The summed E-state index contributed by atoms with van der Waals surface area (Å²) in [5.74, 6) is 0. The summed E-state index contributed by atoms with van der Waals surface area (Å²) in [7, 11) is 0. The lowest BCUT2D eigenvalue weighted by Crippen LogP contribution is -2.06. The van der Waals surface area contributed by atoms with E-state index >= 15 is 0 Å². The Hall–Kier alpha value is -1.97. The Bertz CT molecular complexity index is 773. The second-order valence-electron chi connectivity index (χ2n) is 4.58. The van der Waals surface area contributed by atoms with Gasteiger partial charge in [0.1, 0.15) is 0 Å². The smallest absolute Gasteiger partial charge is 0.0609 e. The van der Waals surface area contributed by atoms with Crippen LogP contribution in [0.3, 0.4) is 0 Å². The van der Waals surface area contributed by atoms with Crippen LogP contribution in [0.15, 0.2) is 53.8 Å². The van der Waals surface area contributed by atoms with Gasteiger partial charge in [-0.15, -0.1) is 0 Å². The molecular formula is C16H13Cl2N3. The van der Waals surface area contributed by atoms with Gasteiger partial charge in [0, 0.05) is 38.3 Å². The number of fused-ring (bicyclic) bond motifs is 1. The molecule has 0 aliphatic heterocycles. The summed E-state index contributed by atoms with van der Waals surface area (Å²) in [6.07, 6.45) is 3.71. The Labute approximate surface area is 132 Å². The molecule has 21 heavy (non-hydrogen) atoms. The number of rotatable bonds is 4. The van der Waals surface area contributed by atoms with Crippen molar-refractivity contribution in [3.05, 3.63) is 69.8 Å². The molecule has 3 nitrogen and oxygen atoms in total. The van der Waals surface area contributed by atoms with Crippen LogP contribution in [-0.4, -0.2) is 11.2 Å². The summed E-state index contributed by atoms with van der Waals surface area (Å²) in [4.78, 5) is 3.20. The second-order valence-corrected chi connectivity index (χ2v) is 5.40. The maximum atomic E-state index is 6.10. The van der Waals surface area contributed by atoms with E-state index in [0.29, 0.717) is 16.6 Å².